The molecule has 0 spiro atoms. The first-order chi connectivity index (χ1) is 14.1. The minimum absolute atomic E-state index is 0.141. The van der Waals surface area contributed by atoms with E-state index in [4.69, 9.17) is 4.74 Å². The number of para-hydroxylation sites is 1. The van der Waals surface area contributed by atoms with Crippen molar-refractivity contribution in [3.63, 3.8) is 0 Å². The fourth-order valence-electron chi connectivity index (χ4n) is 4.68. The van der Waals surface area contributed by atoms with Crippen molar-refractivity contribution in [2.45, 2.75) is 19.8 Å². The normalized spacial score (nSPS) is 22.7. The van der Waals surface area contributed by atoms with E-state index in [-0.39, 0.29) is 11.8 Å². The second-order valence-electron chi connectivity index (χ2n) is 8.11. The molecule has 1 aromatic carbocycles. The number of thiophene rings is 1. The molecule has 2 saturated heterocycles. The molecule has 3 heterocycles. The molecule has 2 aromatic rings. The minimum atomic E-state index is 0.141. The number of likely N-dealkylation sites (tertiary alicyclic amines) is 2. The number of nitrogens with zero attached hydrogens (tertiary/aromatic N) is 2. The molecule has 2 aliphatic rings. The van der Waals surface area contributed by atoms with Gasteiger partial charge in [-0.3, -0.25) is 9.59 Å². The Morgan fingerprint density at radius 3 is 2.48 bits per heavy atom. The standard InChI is InChI=1S/C23H28N2O3S/c1-17(26)25-13-20(15-28-21-5-3-2-4-6-21)22(14-25)18-7-10-24(11-8-18)23(27)19-9-12-29-16-19/h2-6,9,12,16,18,20,22H,7-8,10-11,13-15H2,1H3/t20-,22-/m0/s1. The third-order valence-electron chi connectivity index (χ3n) is 6.34. The smallest absolute Gasteiger partial charge is 0.254 e. The molecule has 2 aliphatic heterocycles. The number of ether oxygens (including phenoxy) is 1. The van der Waals surface area contributed by atoms with Crippen LogP contribution in [0.25, 0.3) is 0 Å². The van der Waals surface area contributed by atoms with Crippen LogP contribution in [0.3, 0.4) is 0 Å². The van der Waals surface area contributed by atoms with Crippen LogP contribution in [0.1, 0.15) is 30.1 Å². The molecular weight excluding hydrogens is 384 g/mol. The Kier molecular flexibility index (Phi) is 6.19. The van der Waals surface area contributed by atoms with Crippen LogP contribution in [-0.4, -0.2) is 54.4 Å². The van der Waals surface area contributed by atoms with E-state index in [1.807, 2.05) is 57.0 Å². The Morgan fingerprint density at radius 2 is 1.83 bits per heavy atom. The quantitative estimate of drug-likeness (QED) is 0.751. The van der Waals surface area contributed by atoms with Crippen LogP contribution < -0.4 is 4.74 Å². The highest BCUT2D eigenvalue weighted by Gasteiger charge is 2.40. The molecule has 0 bridgehead atoms. The SMILES string of the molecule is CC(=O)N1C[C@@H](COc2ccccc2)[C@H](C2CCN(C(=O)c3ccsc3)CC2)C1. The Balaban J connectivity index is 1.37. The number of carbonyl (C=O) groups is 2. The highest BCUT2D eigenvalue weighted by molar-refractivity contribution is 7.08. The van der Waals surface area contributed by atoms with Crippen molar-refractivity contribution in [3.8, 4) is 5.75 Å². The average Bonchev–Trinajstić information content (AvgIpc) is 3.43. The summed E-state index contributed by atoms with van der Waals surface area (Å²) in [7, 11) is 0. The fourth-order valence-corrected chi connectivity index (χ4v) is 5.31. The van der Waals surface area contributed by atoms with Gasteiger partial charge in [0.1, 0.15) is 5.75 Å². The first-order valence-electron chi connectivity index (χ1n) is 10.4. The Hall–Kier alpha value is -2.34. The molecule has 154 valence electrons. The summed E-state index contributed by atoms with van der Waals surface area (Å²) in [6.07, 6.45) is 1.99. The molecule has 6 heteroatoms. The van der Waals surface area contributed by atoms with E-state index < -0.39 is 0 Å². The van der Waals surface area contributed by atoms with E-state index in [0.717, 1.165) is 50.3 Å². The summed E-state index contributed by atoms with van der Waals surface area (Å²) in [5.41, 5.74) is 0.797. The molecule has 0 unspecified atom stereocenters. The minimum Gasteiger partial charge on any atom is -0.493 e. The lowest BCUT2D eigenvalue weighted by Gasteiger charge is -2.36. The van der Waals surface area contributed by atoms with Crippen molar-refractivity contribution in [3.05, 3.63) is 52.7 Å². The van der Waals surface area contributed by atoms with Gasteiger partial charge in [0.2, 0.25) is 5.91 Å². The van der Waals surface area contributed by atoms with Crippen LogP contribution in [-0.2, 0) is 4.79 Å². The predicted molar refractivity (Wildman–Crippen MR) is 114 cm³/mol. The number of piperidine rings is 1. The van der Waals surface area contributed by atoms with Gasteiger partial charge in [-0.15, -0.1) is 0 Å². The average molecular weight is 413 g/mol. The molecule has 0 radical (unpaired) electrons. The zero-order chi connectivity index (χ0) is 20.2. The topological polar surface area (TPSA) is 49.9 Å². The molecule has 0 N–H and O–H groups in total. The number of rotatable bonds is 5. The lowest BCUT2D eigenvalue weighted by Crippen LogP contribution is -2.41. The number of carbonyl (C=O) groups excluding carboxylic acids is 2. The summed E-state index contributed by atoms with van der Waals surface area (Å²) in [5, 5.41) is 3.87. The largest absolute Gasteiger partial charge is 0.493 e. The van der Waals surface area contributed by atoms with Gasteiger partial charge >= 0.3 is 0 Å². The molecule has 1 aromatic heterocycles. The monoisotopic (exact) mass is 412 g/mol. The Bertz CT molecular complexity index is 816. The first-order valence-corrected chi connectivity index (χ1v) is 11.3. The number of amides is 2. The summed E-state index contributed by atoms with van der Waals surface area (Å²) in [6.45, 7) is 5.44. The molecule has 4 rings (SSSR count). The van der Waals surface area contributed by atoms with E-state index in [0.29, 0.717) is 24.4 Å². The highest BCUT2D eigenvalue weighted by Crippen LogP contribution is 2.36. The molecule has 0 saturated carbocycles. The van der Waals surface area contributed by atoms with E-state index in [1.54, 1.807) is 18.3 Å². The van der Waals surface area contributed by atoms with Crippen LogP contribution in [0.15, 0.2) is 47.2 Å². The third kappa shape index (κ3) is 4.64. The molecule has 0 aliphatic carbocycles. The first kappa shape index (κ1) is 20.0. The molecule has 5 nitrogen and oxygen atoms in total. The molecule has 29 heavy (non-hydrogen) atoms. The maximum atomic E-state index is 12.6. The summed E-state index contributed by atoms with van der Waals surface area (Å²) in [4.78, 5) is 28.6. The Labute approximate surface area is 176 Å². The van der Waals surface area contributed by atoms with Gasteiger partial charge in [-0.25, -0.2) is 0 Å². The number of hydrogen-bond donors (Lipinski definition) is 0. The predicted octanol–water partition coefficient (Wildman–Crippen LogP) is 3.77. The number of benzene rings is 1. The van der Waals surface area contributed by atoms with Gasteiger partial charge in [0.05, 0.1) is 12.2 Å². The maximum absolute atomic E-state index is 12.6. The van der Waals surface area contributed by atoms with Crippen molar-refractivity contribution in [2.75, 3.05) is 32.8 Å². The van der Waals surface area contributed by atoms with Crippen LogP contribution >= 0.6 is 11.3 Å². The second-order valence-corrected chi connectivity index (χ2v) is 8.89. The summed E-state index contributed by atoms with van der Waals surface area (Å²) in [5.74, 6) is 2.45. The van der Waals surface area contributed by atoms with E-state index in [2.05, 4.69) is 0 Å². The lowest BCUT2D eigenvalue weighted by molar-refractivity contribution is -0.128. The van der Waals surface area contributed by atoms with Gasteiger partial charge in [-0.1, -0.05) is 18.2 Å². The van der Waals surface area contributed by atoms with Crippen LogP contribution in [0, 0.1) is 17.8 Å². The van der Waals surface area contributed by atoms with E-state index in [1.165, 1.54) is 0 Å². The van der Waals surface area contributed by atoms with E-state index in [9.17, 15) is 9.59 Å². The molecule has 2 fully saturated rings. The van der Waals surface area contributed by atoms with Gasteiger partial charge in [-0.2, -0.15) is 11.3 Å². The lowest BCUT2D eigenvalue weighted by atomic mass is 9.78. The van der Waals surface area contributed by atoms with Crippen LogP contribution in [0.2, 0.25) is 0 Å². The maximum Gasteiger partial charge on any atom is 0.254 e. The summed E-state index contributed by atoms with van der Waals surface area (Å²) in [6, 6.07) is 11.8. The molecular formula is C23H28N2O3S. The van der Waals surface area contributed by atoms with Crippen molar-refractivity contribution < 1.29 is 14.3 Å². The van der Waals surface area contributed by atoms with Gasteiger partial charge in [-0.05, 0) is 48.3 Å². The van der Waals surface area contributed by atoms with Crippen molar-refractivity contribution in [1.29, 1.82) is 0 Å². The highest BCUT2D eigenvalue weighted by atomic mass is 32.1. The Morgan fingerprint density at radius 1 is 1.07 bits per heavy atom. The van der Waals surface area contributed by atoms with Crippen molar-refractivity contribution >= 4 is 23.2 Å². The zero-order valence-corrected chi connectivity index (χ0v) is 17.6. The van der Waals surface area contributed by atoms with Crippen LogP contribution in [0.4, 0.5) is 0 Å². The van der Waals surface area contributed by atoms with Crippen LogP contribution in [0.5, 0.6) is 5.75 Å². The summed E-state index contributed by atoms with van der Waals surface area (Å²) < 4.78 is 6.05. The van der Waals surface area contributed by atoms with Gasteiger partial charge in [0.25, 0.3) is 5.91 Å². The van der Waals surface area contributed by atoms with Gasteiger partial charge in [0, 0.05) is 44.4 Å². The molecule has 2 atom stereocenters. The van der Waals surface area contributed by atoms with Gasteiger partial charge in [0.15, 0.2) is 0 Å². The summed E-state index contributed by atoms with van der Waals surface area (Å²) >= 11 is 1.56. The zero-order valence-electron chi connectivity index (χ0n) is 16.8. The molecule has 2 amide bonds. The number of hydrogen-bond acceptors (Lipinski definition) is 4. The third-order valence-corrected chi connectivity index (χ3v) is 7.03. The van der Waals surface area contributed by atoms with Crippen molar-refractivity contribution in [2.24, 2.45) is 17.8 Å². The van der Waals surface area contributed by atoms with Crippen molar-refractivity contribution in [1.82, 2.24) is 9.80 Å². The van der Waals surface area contributed by atoms with Gasteiger partial charge < -0.3 is 14.5 Å². The second kappa shape index (κ2) is 8.99. The van der Waals surface area contributed by atoms with E-state index >= 15 is 0 Å². The fraction of sp³-hybridized carbons (Fsp3) is 0.478.